The van der Waals surface area contributed by atoms with Crippen molar-refractivity contribution in [2.24, 2.45) is 7.05 Å². The Labute approximate surface area is 106 Å². The lowest BCUT2D eigenvalue weighted by molar-refractivity contribution is 0.285. The van der Waals surface area contributed by atoms with Crippen molar-refractivity contribution in [3.05, 3.63) is 41.5 Å². The van der Waals surface area contributed by atoms with Crippen LogP contribution >= 0.6 is 0 Å². The molecule has 2 heterocycles. The number of anilines is 1. The van der Waals surface area contributed by atoms with Crippen LogP contribution < -0.4 is 5.73 Å². The molecular weight excluding hydrogens is 226 g/mol. The van der Waals surface area contributed by atoms with Crippen molar-refractivity contribution in [1.82, 2.24) is 19.7 Å². The van der Waals surface area contributed by atoms with Crippen LogP contribution in [0.1, 0.15) is 17.0 Å². The average Bonchev–Trinajstić information content (AvgIpc) is 2.92. The lowest BCUT2D eigenvalue weighted by atomic mass is 10.1. The summed E-state index contributed by atoms with van der Waals surface area (Å²) in [5.74, 6) is 1.03. The Morgan fingerprint density at radius 3 is 2.89 bits per heavy atom. The predicted octanol–water partition coefficient (Wildman–Crippen LogP) is 0.956. The Hall–Kier alpha value is -1.88. The van der Waals surface area contributed by atoms with Crippen LogP contribution in [0.3, 0.4) is 0 Å². The lowest BCUT2D eigenvalue weighted by Gasteiger charge is -2.13. The first-order valence-electron chi connectivity index (χ1n) is 6.15. The second-order valence-electron chi connectivity index (χ2n) is 4.85. The quantitative estimate of drug-likeness (QED) is 0.816. The van der Waals surface area contributed by atoms with Crippen LogP contribution in [0, 0.1) is 0 Å². The van der Waals surface area contributed by atoms with E-state index in [2.05, 4.69) is 27.2 Å². The fourth-order valence-electron chi connectivity index (χ4n) is 2.43. The average molecular weight is 243 g/mol. The van der Waals surface area contributed by atoms with E-state index in [0.717, 1.165) is 37.6 Å². The molecule has 0 atom stereocenters. The minimum absolute atomic E-state index is 0.851. The highest BCUT2D eigenvalue weighted by molar-refractivity contribution is 5.46. The number of aryl methyl sites for hydroxylation is 1. The fourth-order valence-corrected chi connectivity index (χ4v) is 2.43. The Balaban J connectivity index is 1.63. The molecule has 1 aliphatic heterocycles. The highest BCUT2D eigenvalue weighted by atomic mass is 15.3. The first-order valence-corrected chi connectivity index (χ1v) is 6.15. The maximum Gasteiger partial charge on any atom is 0.133 e. The molecule has 0 radical (unpaired) electrons. The smallest absolute Gasteiger partial charge is 0.133 e. The number of rotatable bonds is 3. The molecule has 0 fully saturated rings. The zero-order chi connectivity index (χ0) is 12.5. The van der Waals surface area contributed by atoms with Gasteiger partial charge < -0.3 is 10.3 Å². The van der Waals surface area contributed by atoms with E-state index in [0.29, 0.717) is 0 Å². The molecule has 2 aromatic rings. The molecule has 0 aliphatic carbocycles. The number of nitrogen functional groups attached to an aromatic ring is 1. The van der Waals surface area contributed by atoms with Gasteiger partial charge in [-0.3, -0.25) is 4.90 Å². The number of hydrogen-bond donors (Lipinski definition) is 1. The summed E-state index contributed by atoms with van der Waals surface area (Å²) in [6, 6.07) is 6.19. The van der Waals surface area contributed by atoms with E-state index < -0.39 is 0 Å². The lowest BCUT2D eigenvalue weighted by Crippen LogP contribution is -2.20. The van der Waals surface area contributed by atoms with Gasteiger partial charge in [0.05, 0.1) is 0 Å². The Morgan fingerprint density at radius 2 is 2.11 bits per heavy atom. The van der Waals surface area contributed by atoms with Gasteiger partial charge in [0.15, 0.2) is 0 Å². The van der Waals surface area contributed by atoms with E-state index >= 15 is 0 Å². The van der Waals surface area contributed by atoms with Crippen molar-refractivity contribution in [1.29, 1.82) is 0 Å². The van der Waals surface area contributed by atoms with Crippen molar-refractivity contribution < 1.29 is 0 Å². The van der Waals surface area contributed by atoms with Crippen molar-refractivity contribution in [3.8, 4) is 0 Å². The number of aromatic nitrogens is 3. The minimum Gasteiger partial charge on any atom is -0.399 e. The van der Waals surface area contributed by atoms with Crippen molar-refractivity contribution >= 4 is 5.69 Å². The number of benzene rings is 1. The molecule has 0 amide bonds. The van der Waals surface area contributed by atoms with Crippen LogP contribution in [0.4, 0.5) is 5.69 Å². The third-order valence-electron chi connectivity index (χ3n) is 3.48. The zero-order valence-electron chi connectivity index (χ0n) is 10.5. The molecule has 5 nitrogen and oxygen atoms in total. The van der Waals surface area contributed by atoms with Crippen LogP contribution in [0.15, 0.2) is 24.5 Å². The van der Waals surface area contributed by atoms with Crippen LogP contribution in [0.5, 0.6) is 0 Å². The van der Waals surface area contributed by atoms with Crippen LogP contribution in [-0.2, 0) is 26.6 Å². The van der Waals surface area contributed by atoms with Gasteiger partial charge >= 0.3 is 0 Å². The number of hydrogen-bond acceptors (Lipinski definition) is 4. The van der Waals surface area contributed by atoms with Gasteiger partial charge in [-0.15, -0.1) is 10.2 Å². The van der Waals surface area contributed by atoms with Gasteiger partial charge in [0.1, 0.15) is 12.2 Å². The van der Waals surface area contributed by atoms with Crippen molar-refractivity contribution in [2.75, 3.05) is 12.3 Å². The van der Waals surface area contributed by atoms with Crippen molar-refractivity contribution in [2.45, 2.75) is 19.5 Å². The Morgan fingerprint density at radius 1 is 1.28 bits per heavy atom. The summed E-state index contributed by atoms with van der Waals surface area (Å²) in [7, 11) is 1.98. The molecule has 0 saturated carbocycles. The predicted molar refractivity (Wildman–Crippen MR) is 69.7 cm³/mol. The molecule has 0 spiro atoms. The summed E-state index contributed by atoms with van der Waals surface area (Å²) in [4.78, 5) is 2.42. The second-order valence-corrected chi connectivity index (χ2v) is 4.85. The summed E-state index contributed by atoms with van der Waals surface area (Å²) in [5, 5.41) is 8.00. The van der Waals surface area contributed by atoms with Gasteiger partial charge in [-0.25, -0.2) is 0 Å². The molecule has 1 aromatic carbocycles. The molecule has 5 heteroatoms. The summed E-state index contributed by atoms with van der Waals surface area (Å²) < 4.78 is 1.97. The van der Waals surface area contributed by atoms with Crippen LogP contribution in [0.2, 0.25) is 0 Å². The van der Waals surface area contributed by atoms with Gasteiger partial charge in [-0.1, -0.05) is 6.07 Å². The first kappa shape index (κ1) is 11.2. The van der Waals surface area contributed by atoms with E-state index in [-0.39, 0.29) is 0 Å². The van der Waals surface area contributed by atoms with Gasteiger partial charge in [0.25, 0.3) is 0 Å². The molecule has 3 rings (SSSR count). The molecule has 2 N–H and O–H groups in total. The van der Waals surface area contributed by atoms with Gasteiger partial charge in [0.2, 0.25) is 0 Å². The monoisotopic (exact) mass is 243 g/mol. The van der Waals surface area contributed by atoms with Crippen LogP contribution in [-0.4, -0.2) is 26.2 Å². The van der Waals surface area contributed by atoms with E-state index in [4.69, 9.17) is 5.73 Å². The first-order chi connectivity index (χ1) is 8.72. The second kappa shape index (κ2) is 4.42. The molecule has 94 valence electrons. The van der Waals surface area contributed by atoms with E-state index in [1.807, 2.05) is 17.7 Å². The third kappa shape index (κ3) is 2.09. The van der Waals surface area contributed by atoms with E-state index in [1.54, 1.807) is 6.33 Å². The molecule has 0 bridgehead atoms. The zero-order valence-corrected chi connectivity index (χ0v) is 10.5. The summed E-state index contributed by atoms with van der Waals surface area (Å²) in [5.41, 5.74) is 9.40. The summed E-state index contributed by atoms with van der Waals surface area (Å²) in [6.45, 7) is 2.99. The number of nitrogens with two attached hydrogens (primary N) is 1. The molecule has 1 aliphatic rings. The van der Waals surface area contributed by atoms with E-state index in [9.17, 15) is 0 Å². The molecule has 0 unspecified atom stereocenters. The largest absolute Gasteiger partial charge is 0.399 e. The maximum atomic E-state index is 5.81. The summed E-state index contributed by atoms with van der Waals surface area (Å²) in [6.07, 6.45) is 2.68. The number of fused-ring (bicyclic) bond motifs is 1. The maximum absolute atomic E-state index is 5.81. The van der Waals surface area contributed by atoms with E-state index in [1.165, 1.54) is 11.1 Å². The Bertz CT molecular complexity index is 560. The Kier molecular flexibility index (Phi) is 2.76. The SMILES string of the molecule is Cn1cnnc1CCN1Cc2ccc(N)cc2C1. The standard InChI is InChI=1S/C13H17N5/c1-17-9-15-16-13(17)4-5-18-7-10-2-3-12(14)6-11(10)8-18/h2-3,6,9H,4-5,7-8,14H2,1H3. The normalized spacial score (nSPS) is 14.9. The fraction of sp³-hybridized carbons (Fsp3) is 0.385. The third-order valence-corrected chi connectivity index (χ3v) is 3.48. The highest BCUT2D eigenvalue weighted by Crippen LogP contribution is 2.24. The molecule has 18 heavy (non-hydrogen) atoms. The van der Waals surface area contributed by atoms with Crippen LogP contribution in [0.25, 0.3) is 0 Å². The number of nitrogens with zero attached hydrogens (tertiary/aromatic N) is 4. The topological polar surface area (TPSA) is 60.0 Å². The molecule has 0 saturated heterocycles. The minimum atomic E-state index is 0.851. The van der Waals surface area contributed by atoms with Crippen molar-refractivity contribution in [3.63, 3.8) is 0 Å². The van der Waals surface area contributed by atoms with Gasteiger partial charge in [-0.05, 0) is 23.3 Å². The van der Waals surface area contributed by atoms with Gasteiger partial charge in [-0.2, -0.15) is 0 Å². The highest BCUT2D eigenvalue weighted by Gasteiger charge is 2.18. The molecule has 1 aromatic heterocycles. The van der Waals surface area contributed by atoms with Gasteiger partial charge in [0, 0.05) is 38.8 Å². The molecular formula is C13H17N5. The summed E-state index contributed by atoms with van der Waals surface area (Å²) >= 11 is 0.